The van der Waals surface area contributed by atoms with E-state index in [0.717, 1.165) is 28.3 Å². The third-order valence-corrected chi connectivity index (χ3v) is 4.43. The van der Waals surface area contributed by atoms with E-state index in [1.807, 2.05) is 44.2 Å². The Hall–Kier alpha value is -2.74. The number of hydrogen-bond acceptors (Lipinski definition) is 7. The molecule has 1 amide bonds. The summed E-state index contributed by atoms with van der Waals surface area (Å²) in [5, 5.41) is 9.64. The summed E-state index contributed by atoms with van der Waals surface area (Å²) in [6, 6.07) is 9.60. The molecule has 3 aromatic rings. The minimum Gasteiger partial charge on any atom is -0.368 e. The van der Waals surface area contributed by atoms with Gasteiger partial charge in [-0.25, -0.2) is 9.97 Å². The highest BCUT2D eigenvalue weighted by molar-refractivity contribution is 7.20. The molecule has 0 radical (unpaired) electrons. The number of aryl methyl sites for hydroxylation is 1. The molecular formula is C17H20N6OS. The van der Waals surface area contributed by atoms with Gasteiger partial charge in [0.2, 0.25) is 5.95 Å². The van der Waals surface area contributed by atoms with E-state index in [4.69, 9.17) is 0 Å². The number of carbonyl (C=O) groups excluding carboxylic acids is 1. The first kappa shape index (κ1) is 17.1. The van der Waals surface area contributed by atoms with E-state index in [1.165, 1.54) is 11.3 Å². The van der Waals surface area contributed by atoms with Crippen molar-refractivity contribution in [1.82, 2.24) is 20.3 Å². The first-order valence-electron chi connectivity index (χ1n) is 8.13. The molecule has 3 rings (SSSR count). The summed E-state index contributed by atoms with van der Waals surface area (Å²) in [7, 11) is 0. The van der Waals surface area contributed by atoms with Crippen LogP contribution in [0.3, 0.4) is 0 Å². The van der Waals surface area contributed by atoms with E-state index in [0.29, 0.717) is 24.0 Å². The number of hydrogen-bond donors (Lipinski definition) is 3. The van der Waals surface area contributed by atoms with Crippen LogP contribution in [0.2, 0.25) is 0 Å². The molecule has 25 heavy (non-hydrogen) atoms. The molecule has 3 N–H and O–H groups in total. The van der Waals surface area contributed by atoms with Crippen LogP contribution in [0.4, 0.5) is 11.8 Å². The van der Waals surface area contributed by atoms with Gasteiger partial charge in [-0.1, -0.05) is 12.1 Å². The van der Waals surface area contributed by atoms with Gasteiger partial charge in [-0.15, -0.1) is 11.3 Å². The molecule has 0 bridgehead atoms. The lowest BCUT2D eigenvalue weighted by atomic mass is 10.3. The Morgan fingerprint density at radius 1 is 1.12 bits per heavy atom. The number of nitrogens with zero attached hydrogens (tertiary/aromatic N) is 3. The smallest absolute Gasteiger partial charge is 0.280 e. The fourth-order valence-corrected chi connectivity index (χ4v) is 3.19. The minimum atomic E-state index is -0.157. The van der Waals surface area contributed by atoms with E-state index in [1.54, 1.807) is 0 Å². The molecular weight excluding hydrogens is 336 g/mol. The standard InChI is InChI=1S/C17H20N6OS/c1-3-18-17-21-11(2)10-14(23-17)19-8-9-20-15(24)16-22-12-6-4-5-7-13(12)25-16/h4-7,10H,3,8-9H2,1-2H3,(H,20,24)(H2,18,19,21,23). The van der Waals surface area contributed by atoms with Crippen molar-refractivity contribution in [2.45, 2.75) is 13.8 Å². The molecule has 2 aromatic heterocycles. The lowest BCUT2D eigenvalue weighted by Gasteiger charge is -2.09. The van der Waals surface area contributed by atoms with Gasteiger partial charge < -0.3 is 16.0 Å². The van der Waals surface area contributed by atoms with Crippen molar-refractivity contribution >= 4 is 39.2 Å². The zero-order valence-electron chi connectivity index (χ0n) is 14.2. The van der Waals surface area contributed by atoms with E-state index in [-0.39, 0.29) is 5.91 Å². The molecule has 2 heterocycles. The van der Waals surface area contributed by atoms with Gasteiger partial charge >= 0.3 is 0 Å². The number of benzene rings is 1. The van der Waals surface area contributed by atoms with Crippen LogP contribution in [0, 0.1) is 6.92 Å². The van der Waals surface area contributed by atoms with Gasteiger partial charge in [0, 0.05) is 31.4 Å². The number of para-hydroxylation sites is 1. The van der Waals surface area contributed by atoms with Crippen molar-refractivity contribution in [3.05, 3.63) is 41.0 Å². The third kappa shape index (κ3) is 4.42. The van der Waals surface area contributed by atoms with Crippen molar-refractivity contribution in [2.75, 3.05) is 30.3 Å². The number of amides is 1. The monoisotopic (exact) mass is 356 g/mol. The van der Waals surface area contributed by atoms with Crippen LogP contribution in [0.25, 0.3) is 10.2 Å². The van der Waals surface area contributed by atoms with Crippen LogP contribution in [0.5, 0.6) is 0 Å². The Balaban J connectivity index is 1.52. The lowest BCUT2D eigenvalue weighted by Crippen LogP contribution is -2.28. The SMILES string of the molecule is CCNc1nc(C)cc(NCCNC(=O)c2nc3ccccc3s2)n1. The second kappa shape index (κ2) is 7.89. The summed E-state index contributed by atoms with van der Waals surface area (Å²) >= 11 is 1.40. The number of thiazole rings is 1. The van der Waals surface area contributed by atoms with Gasteiger partial charge in [-0.05, 0) is 26.0 Å². The molecule has 0 saturated carbocycles. The summed E-state index contributed by atoms with van der Waals surface area (Å²) in [5.74, 6) is 1.18. The quantitative estimate of drug-likeness (QED) is 0.564. The van der Waals surface area contributed by atoms with Gasteiger partial charge in [-0.3, -0.25) is 4.79 Å². The number of fused-ring (bicyclic) bond motifs is 1. The maximum absolute atomic E-state index is 12.2. The predicted molar refractivity (Wildman–Crippen MR) is 101 cm³/mol. The van der Waals surface area contributed by atoms with Gasteiger partial charge in [-0.2, -0.15) is 4.98 Å². The summed E-state index contributed by atoms with van der Waals surface area (Å²) in [4.78, 5) is 25.2. The van der Waals surface area contributed by atoms with E-state index < -0.39 is 0 Å². The fraction of sp³-hybridized carbons (Fsp3) is 0.294. The zero-order valence-corrected chi connectivity index (χ0v) is 15.0. The maximum atomic E-state index is 12.2. The molecule has 0 saturated heterocycles. The van der Waals surface area contributed by atoms with Gasteiger partial charge in [0.1, 0.15) is 5.82 Å². The molecule has 0 spiro atoms. The number of anilines is 2. The van der Waals surface area contributed by atoms with Gasteiger partial charge in [0.05, 0.1) is 10.2 Å². The number of carbonyl (C=O) groups is 1. The number of rotatable bonds is 7. The maximum Gasteiger partial charge on any atom is 0.280 e. The molecule has 0 aliphatic rings. The Morgan fingerprint density at radius 2 is 1.96 bits per heavy atom. The van der Waals surface area contributed by atoms with Crippen molar-refractivity contribution in [2.24, 2.45) is 0 Å². The second-order valence-electron chi connectivity index (χ2n) is 5.42. The third-order valence-electron chi connectivity index (χ3n) is 3.39. The molecule has 0 unspecified atom stereocenters. The molecule has 0 fully saturated rings. The normalized spacial score (nSPS) is 10.6. The van der Waals surface area contributed by atoms with E-state index >= 15 is 0 Å². The topological polar surface area (TPSA) is 91.8 Å². The van der Waals surface area contributed by atoms with Crippen LogP contribution in [0.1, 0.15) is 22.4 Å². The summed E-state index contributed by atoms with van der Waals surface area (Å²) in [6.07, 6.45) is 0. The Bertz CT molecular complexity index is 845. The first-order valence-corrected chi connectivity index (χ1v) is 8.94. The van der Waals surface area contributed by atoms with E-state index in [9.17, 15) is 4.79 Å². The molecule has 8 heteroatoms. The van der Waals surface area contributed by atoms with Crippen molar-refractivity contribution < 1.29 is 4.79 Å². The summed E-state index contributed by atoms with van der Waals surface area (Å²) < 4.78 is 1.01. The van der Waals surface area contributed by atoms with Crippen LogP contribution in [0.15, 0.2) is 30.3 Å². The van der Waals surface area contributed by atoms with Crippen molar-refractivity contribution in [1.29, 1.82) is 0 Å². The highest BCUT2D eigenvalue weighted by Gasteiger charge is 2.11. The predicted octanol–water partition coefficient (Wildman–Crippen LogP) is 2.67. The largest absolute Gasteiger partial charge is 0.368 e. The first-order chi connectivity index (χ1) is 12.2. The summed E-state index contributed by atoms with van der Waals surface area (Å²) in [5.41, 5.74) is 1.73. The average Bonchev–Trinajstić information content (AvgIpc) is 3.02. The zero-order chi connectivity index (χ0) is 17.6. The lowest BCUT2D eigenvalue weighted by molar-refractivity contribution is 0.0955. The van der Waals surface area contributed by atoms with Crippen molar-refractivity contribution in [3.8, 4) is 0 Å². The van der Waals surface area contributed by atoms with Crippen molar-refractivity contribution in [3.63, 3.8) is 0 Å². The molecule has 0 atom stereocenters. The highest BCUT2D eigenvalue weighted by Crippen LogP contribution is 2.21. The van der Waals surface area contributed by atoms with Crippen LogP contribution >= 0.6 is 11.3 Å². The van der Waals surface area contributed by atoms with E-state index in [2.05, 4.69) is 30.9 Å². The minimum absolute atomic E-state index is 0.157. The number of nitrogens with one attached hydrogen (secondary N) is 3. The molecule has 130 valence electrons. The molecule has 0 aliphatic heterocycles. The van der Waals surface area contributed by atoms with Crippen LogP contribution < -0.4 is 16.0 Å². The van der Waals surface area contributed by atoms with Gasteiger partial charge in [0.25, 0.3) is 5.91 Å². The second-order valence-corrected chi connectivity index (χ2v) is 6.45. The highest BCUT2D eigenvalue weighted by atomic mass is 32.1. The Morgan fingerprint density at radius 3 is 2.76 bits per heavy atom. The Kier molecular flexibility index (Phi) is 5.39. The van der Waals surface area contributed by atoms with Crippen LogP contribution in [-0.2, 0) is 0 Å². The molecule has 7 nitrogen and oxygen atoms in total. The Labute approximate surface area is 149 Å². The molecule has 1 aromatic carbocycles. The van der Waals surface area contributed by atoms with Gasteiger partial charge in [0.15, 0.2) is 5.01 Å². The molecule has 0 aliphatic carbocycles. The summed E-state index contributed by atoms with van der Waals surface area (Å²) in [6.45, 7) is 5.73. The average molecular weight is 356 g/mol. The fourth-order valence-electron chi connectivity index (χ4n) is 2.31. The van der Waals surface area contributed by atoms with Crippen LogP contribution in [-0.4, -0.2) is 40.5 Å². The number of aromatic nitrogens is 3.